The summed E-state index contributed by atoms with van der Waals surface area (Å²) >= 11 is 1.40. The van der Waals surface area contributed by atoms with Gasteiger partial charge >= 0.3 is 0 Å². The summed E-state index contributed by atoms with van der Waals surface area (Å²) in [6.07, 6.45) is 1.14. The highest BCUT2D eigenvalue weighted by atomic mass is 32.2. The van der Waals surface area contributed by atoms with Crippen molar-refractivity contribution in [1.82, 2.24) is 0 Å². The molecular formula is C16H20N2O4S2. The molecule has 2 aliphatic rings. The standard InChI is InChI=1S/C16H20N2O4S2/c1-3-4-15(19)17-16-18(11-5-7-12(22-2)8-6-11)13-9-24(20,21)10-14(13)23-16/h5-8,13-14H,3-4,9-10H2,1-2H3. The van der Waals surface area contributed by atoms with Crippen LogP contribution in [0.1, 0.15) is 19.8 Å². The Morgan fingerprint density at radius 1 is 1.33 bits per heavy atom. The third-order valence-electron chi connectivity index (χ3n) is 4.10. The highest BCUT2D eigenvalue weighted by molar-refractivity contribution is 8.16. The molecule has 2 fully saturated rings. The number of hydrogen-bond acceptors (Lipinski definition) is 5. The van der Waals surface area contributed by atoms with Gasteiger partial charge in [-0.25, -0.2) is 8.42 Å². The van der Waals surface area contributed by atoms with Gasteiger partial charge in [0, 0.05) is 17.4 Å². The Morgan fingerprint density at radius 3 is 2.67 bits per heavy atom. The first kappa shape index (κ1) is 17.3. The van der Waals surface area contributed by atoms with Crippen molar-refractivity contribution in [2.24, 2.45) is 4.99 Å². The van der Waals surface area contributed by atoms with Gasteiger partial charge in [-0.2, -0.15) is 4.99 Å². The minimum atomic E-state index is -3.05. The first-order valence-electron chi connectivity index (χ1n) is 7.85. The number of sulfone groups is 1. The normalized spacial score (nSPS) is 26.6. The number of amides is 1. The smallest absolute Gasteiger partial charge is 0.248 e. The summed E-state index contributed by atoms with van der Waals surface area (Å²) in [5.41, 5.74) is 0.830. The largest absolute Gasteiger partial charge is 0.497 e. The number of methoxy groups -OCH3 is 1. The van der Waals surface area contributed by atoms with Crippen LogP contribution in [0.2, 0.25) is 0 Å². The number of anilines is 1. The van der Waals surface area contributed by atoms with E-state index in [1.54, 1.807) is 7.11 Å². The molecule has 0 saturated carbocycles. The number of aliphatic imine (C=N–C) groups is 1. The number of fused-ring (bicyclic) bond motifs is 1. The van der Waals surface area contributed by atoms with E-state index in [1.807, 2.05) is 36.1 Å². The molecule has 6 nitrogen and oxygen atoms in total. The van der Waals surface area contributed by atoms with Crippen LogP contribution in [0, 0.1) is 0 Å². The first-order valence-corrected chi connectivity index (χ1v) is 10.6. The predicted molar refractivity (Wildman–Crippen MR) is 96.6 cm³/mol. The summed E-state index contributed by atoms with van der Waals surface area (Å²) in [6.45, 7) is 1.93. The van der Waals surface area contributed by atoms with Crippen molar-refractivity contribution in [3.8, 4) is 5.75 Å². The van der Waals surface area contributed by atoms with E-state index in [1.165, 1.54) is 11.8 Å². The fourth-order valence-electron chi connectivity index (χ4n) is 2.99. The van der Waals surface area contributed by atoms with Crippen LogP contribution in [0.5, 0.6) is 5.75 Å². The van der Waals surface area contributed by atoms with Crippen LogP contribution in [0.4, 0.5) is 5.69 Å². The lowest BCUT2D eigenvalue weighted by Gasteiger charge is -2.24. The summed E-state index contributed by atoms with van der Waals surface area (Å²) in [4.78, 5) is 18.1. The van der Waals surface area contributed by atoms with Gasteiger partial charge in [-0.3, -0.25) is 4.79 Å². The molecule has 1 aromatic rings. The molecule has 0 spiro atoms. The Labute approximate surface area is 146 Å². The number of nitrogens with zero attached hydrogens (tertiary/aromatic N) is 2. The molecule has 1 aromatic carbocycles. The molecule has 2 aliphatic heterocycles. The van der Waals surface area contributed by atoms with E-state index in [9.17, 15) is 13.2 Å². The zero-order chi connectivity index (χ0) is 17.3. The molecule has 0 N–H and O–H groups in total. The van der Waals surface area contributed by atoms with E-state index in [0.717, 1.165) is 17.9 Å². The summed E-state index contributed by atoms with van der Waals surface area (Å²) in [5.74, 6) is 0.788. The monoisotopic (exact) mass is 368 g/mol. The number of carbonyl (C=O) groups excluding carboxylic acids is 1. The lowest BCUT2D eigenvalue weighted by molar-refractivity contribution is -0.117. The Bertz CT molecular complexity index is 759. The van der Waals surface area contributed by atoms with Gasteiger partial charge in [0.25, 0.3) is 0 Å². The molecule has 130 valence electrons. The minimum absolute atomic E-state index is 0.0784. The van der Waals surface area contributed by atoms with Gasteiger partial charge < -0.3 is 9.64 Å². The first-order chi connectivity index (χ1) is 11.4. The van der Waals surface area contributed by atoms with Gasteiger partial charge in [0.15, 0.2) is 15.0 Å². The summed E-state index contributed by atoms with van der Waals surface area (Å²) < 4.78 is 29.1. The van der Waals surface area contributed by atoms with Crippen LogP contribution in [0.25, 0.3) is 0 Å². The van der Waals surface area contributed by atoms with Crippen molar-refractivity contribution in [3.05, 3.63) is 24.3 Å². The van der Waals surface area contributed by atoms with Crippen molar-refractivity contribution >= 4 is 38.4 Å². The maximum Gasteiger partial charge on any atom is 0.248 e. The molecular weight excluding hydrogens is 348 g/mol. The number of benzene rings is 1. The molecule has 2 heterocycles. The van der Waals surface area contributed by atoms with E-state index in [2.05, 4.69) is 4.99 Å². The van der Waals surface area contributed by atoms with Crippen molar-refractivity contribution in [2.75, 3.05) is 23.5 Å². The molecule has 1 amide bonds. The van der Waals surface area contributed by atoms with Gasteiger partial charge in [-0.15, -0.1) is 0 Å². The average molecular weight is 368 g/mol. The molecule has 0 aliphatic carbocycles. The van der Waals surface area contributed by atoms with Crippen LogP contribution >= 0.6 is 11.8 Å². The number of ether oxygens (including phenoxy) is 1. The van der Waals surface area contributed by atoms with Gasteiger partial charge in [0.2, 0.25) is 5.91 Å². The second-order valence-electron chi connectivity index (χ2n) is 5.91. The topological polar surface area (TPSA) is 76.0 Å². The highest BCUT2D eigenvalue weighted by Crippen LogP contribution is 2.41. The Balaban J connectivity index is 1.96. The van der Waals surface area contributed by atoms with Crippen LogP contribution in [-0.2, 0) is 14.6 Å². The van der Waals surface area contributed by atoms with E-state index in [0.29, 0.717) is 11.6 Å². The zero-order valence-electron chi connectivity index (χ0n) is 13.6. The SMILES string of the molecule is CCCC(=O)N=C1SC2CS(=O)(=O)CC2N1c1ccc(OC)cc1. The van der Waals surface area contributed by atoms with Crippen LogP contribution in [-0.4, -0.2) is 49.4 Å². The van der Waals surface area contributed by atoms with Crippen molar-refractivity contribution < 1.29 is 17.9 Å². The average Bonchev–Trinajstić information content (AvgIpc) is 2.98. The van der Waals surface area contributed by atoms with E-state index >= 15 is 0 Å². The van der Waals surface area contributed by atoms with Crippen molar-refractivity contribution in [2.45, 2.75) is 31.1 Å². The second-order valence-corrected chi connectivity index (χ2v) is 9.27. The van der Waals surface area contributed by atoms with Crippen LogP contribution in [0.15, 0.2) is 29.3 Å². The molecule has 2 unspecified atom stereocenters. The highest BCUT2D eigenvalue weighted by Gasteiger charge is 2.49. The molecule has 2 saturated heterocycles. The summed E-state index contributed by atoms with van der Waals surface area (Å²) in [5, 5.41) is 0.522. The van der Waals surface area contributed by atoms with Crippen molar-refractivity contribution in [3.63, 3.8) is 0 Å². The minimum Gasteiger partial charge on any atom is -0.497 e. The second kappa shape index (κ2) is 6.76. The van der Waals surface area contributed by atoms with Crippen molar-refractivity contribution in [1.29, 1.82) is 0 Å². The van der Waals surface area contributed by atoms with Crippen LogP contribution in [0.3, 0.4) is 0 Å². The van der Waals surface area contributed by atoms with E-state index < -0.39 is 9.84 Å². The van der Waals surface area contributed by atoms with Gasteiger partial charge in [0.05, 0.1) is 24.7 Å². The lowest BCUT2D eigenvalue weighted by Crippen LogP contribution is -2.37. The maximum absolute atomic E-state index is 12.0. The number of rotatable bonds is 4. The summed E-state index contributed by atoms with van der Waals surface area (Å²) in [6, 6.07) is 7.20. The summed E-state index contributed by atoms with van der Waals surface area (Å²) in [7, 11) is -1.45. The number of hydrogen-bond donors (Lipinski definition) is 0. The third kappa shape index (κ3) is 3.44. The molecule has 2 atom stereocenters. The van der Waals surface area contributed by atoms with E-state index in [4.69, 9.17) is 4.74 Å². The molecule has 24 heavy (non-hydrogen) atoms. The lowest BCUT2D eigenvalue weighted by atomic mass is 10.2. The van der Waals surface area contributed by atoms with Gasteiger partial charge in [0.1, 0.15) is 5.75 Å². The third-order valence-corrected chi connectivity index (χ3v) is 7.31. The molecule has 0 aromatic heterocycles. The number of amidine groups is 1. The quantitative estimate of drug-likeness (QED) is 0.810. The van der Waals surface area contributed by atoms with Gasteiger partial charge in [-0.1, -0.05) is 18.7 Å². The number of thioether (sulfide) groups is 1. The van der Waals surface area contributed by atoms with E-state index in [-0.39, 0.29) is 28.7 Å². The Morgan fingerprint density at radius 2 is 2.04 bits per heavy atom. The maximum atomic E-state index is 12.0. The Hall–Kier alpha value is -1.54. The van der Waals surface area contributed by atoms with Gasteiger partial charge in [-0.05, 0) is 30.7 Å². The predicted octanol–water partition coefficient (Wildman–Crippen LogP) is 2.10. The zero-order valence-corrected chi connectivity index (χ0v) is 15.3. The Kier molecular flexibility index (Phi) is 4.87. The molecule has 0 bridgehead atoms. The molecule has 3 rings (SSSR count). The number of carbonyl (C=O) groups is 1. The fraction of sp³-hybridized carbons (Fsp3) is 0.500. The molecule has 8 heteroatoms. The fourth-order valence-corrected chi connectivity index (χ4v) is 6.92. The molecule has 0 radical (unpaired) electrons. The van der Waals surface area contributed by atoms with Crippen LogP contribution < -0.4 is 9.64 Å².